The van der Waals surface area contributed by atoms with Gasteiger partial charge in [0.2, 0.25) is 6.16 Å². The molecule has 0 aliphatic carbocycles. The Morgan fingerprint density at radius 1 is 0.815 bits per heavy atom. The van der Waals surface area contributed by atoms with Crippen molar-refractivity contribution in [2.75, 3.05) is 0 Å². The van der Waals surface area contributed by atoms with E-state index < -0.39 is 6.16 Å². The highest BCUT2D eigenvalue weighted by molar-refractivity contribution is 7.97. The fourth-order valence-electron chi connectivity index (χ4n) is 2.45. The Hall–Kier alpha value is -2.92. The Kier molecular flexibility index (Phi) is 7.77. The molecule has 0 aliphatic heterocycles. The first-order valence-electron chi connectivity index (χ1n) is 8.48. The number of ether oxygens (including phenoxy) is 1. The number of carbonyl (C=O) groups is 1. The molecule has 0 aliphatic rings. The van der Waals surface area contributed by atoms with Crippen molar-refractivity contribution >= 4 is 17.1 Å². The summed E-state index contributed by atoms with van der Waals surface area (Å²) in [5.41, 5.74) is 0. The maximum atomic E-state index is 8.44. The predicted octanol–water partition coefficient (Wildman–Crippen LogP) is 4.46. The van der Waals surface area contributed by atoms with Crippen LogP contribution in [0.2, 0.25) is 0 Å². The third-order valence-corrected chi connectivity index (χ3v) is 5.62. The Bertz CT molecular complexity index is 774. The van der Waals surface area contributed by atoms with Gasteiger partial charge in [0.25, 0.3) is 0 Å². The zero-order valence-electron chi connectivity index (χ0n) is 15.2. The van der Waals surface area contributed by atoms with Gasteiger partial charge in [0.05, 0.1) is 17.0 Å². The molecule has 5 heteroatoms. The number of carboxylic acid groups (broad SMARTS) is 2. The third-order valence-electron chi connectivity index (χ3n) is 3.39. The van der Waals surface area contributed by atoms with E-state index in [1.165, 1.54) is 14.7 Å². The molecule has 1 N–H and O–H groups in total. The van der Waals surface area contributed by atoms with Gasteiger partial charge in [0.1, 0.15) is 5.75 Å². The van der Waals surface area contributed by atoms with Gasteiger partial charge < -0.3 is 19.7 Å². The average molecular weight is 382 g/mol. The molecule has 140 valence electrons. The normalized spacial score (nSPS) is 10.2. The molecule has 0 bridgehead atoms. The zero-order valence-corrected chi connectivity index (χ0v) is 16.1. The second-order valence-electron chi connectivity index (χ2n) is 5.84. The molecule has 0 saturated heterocycles. The molecule has 0 spiro atoms. The summed E-state index contributed by atoms with van der Waals surface area (Å²) in [6, 6.07) is 29.9. The monoisotopic (exact) mass is 382 g/mol. The van der Waals surface area contributed by atoms with Crippen LogP contribution in [0.25, 0.3) is 0 Å². The molecule has 0 fully saturated rings. The first-order valence-corrected chi connectivity index (χ1v) is 9.71. The summed E-state index contributed by atoms with van der Waals surface area (Å²) in [4.78, 5) is 12.4. The van der Waals surface area contributed by atoms with E-state index in [0.29, 0.717) is 0 Å². The second-order valence-corrected chi connectivity index (χ2v) is 7.86. The van der Waals surface area contributed by atoms with Crippen molar-refractivity contribution in [2.24, 2.45) is 0 Å². The highest BCUT2D eigenvalue weighted by atomic mass is 32.2. The van der Waals surface area contributed by atoms with Crippen molar-refractivity contribution in [3.63, 3.8) is 0 Å². The Morgan fingerprint density at radius 3 is 1.56 bits per heavy atom. The maximum Gasteiger partial charge on any atom is 0.249 e. The van der Waals surface area contributed by atoms with Crippen LogP contribution in [-0.4, -0.2) is 17.4 Å². The molecular weight excluding hydrogens is 360 g/mol. The molecule has 27 heavy (non-hydrogen) atoms. The van der Waals surface area contributed by atoms with E-state index in [9.17, 15) is 0 Å². The molecule has 3 aromatic rings. The van der Waals surface area contributed by atoms with Gasteiger partial charge in [-0.25, -0.2) is 0 Å². The van der Waals surface area contributed by atoms with Gasteiger partial charge in [-0.1, -0.05) is 36.4 Å². The van der Waals surface area contributed by atoms with Crippen LogP contribution in [0.4, 0.5) is 4.79 Å². The summed E-state index contributed by atoms with van der Waals surface area (Å²) in [6.07, 6.45) is -1.89. The van der Waals surface area contributed by atoms with E-state index in [2.05, 4.69) is 84.9 Å². The SMILES string of the molecule is CC(C)Oc1ccc([S+](c2ccccc2)c2ccccc2)cc1.O=C([O-])O. The molecule has 0 radical (unpaired) electrons. The topological polar surface area (TPSA) is 69.6 Å². The fourth-order valence-corrected chi connectivity index (χ4v) is 4.53. The molecule has 0 atom stereocenters. The minimum Gasteiger partial charge on any atom is -0.565 e. The van der Waals surface area contributed by atoms with Crippen LogP contribution in [-0.2, 0) is 10.9 Å². The number of benzene rings is 3. The van der Waals surface area contributed by atoms with Gasteiger partial charge >= 0.3 is 0 Å². The number of hydrogen-bond acceptors (Lipinski definition) is 3. The lowest BCUT2D eigenvalue weighted by Gasteiger charge is -2.11. The largest absolute Gasteiger partial charge is 0.565 e. The average Bonchev–Trinajstić information content (AvgIpc) is 2.64. The Morgan fingerprint density at radius 2 is 1.19 bits per heavy atom. The number of hydrogen-bond donors (Lipinski definition) is 1. The van der Waals surface area contributed by atoms with E-state index >= 15 is 0 Å². The lowest BCUT2D eigenvalue weighted by Crippen LogP contribution is -2.17. The van der Waals surface area contributed by atoms with Crippen LogP contribution in [0.3, 0.4) is 0 Å². The standard InChI is InChI=1S/C21H21OS.CH2O3/c1-17(2)22-18-13-15-21(16-14-18)23(19-9-5-3-6-10-19)20-11-7-4-8-12-20;2-1(3)4/h3-17H,1-2H3;(H2,2,3,4)/q+1;/p-1. The van der Waals surface area contributed by atoms with Crippen LogP contribution in [0.15, 0.2) is 99.6 Å². The van der Waals surface area contributed by atoms with Gasteiger partial charge in [0.15, 0.2) is 14.7 Å². The molecule has 3 aromatic carbocycles. The van der Waals surface area contributed by atoms with Gasteiger partial charge in [-0.2, -0.15) is 0 Å². The summed E-state index contributed by atoms with van der Waals surface area (Å²) in [6.45, 7) is 4.10. The van der Waals surface area contributed by atoms with Crippen LogP contribution >= 0.6 is 0 Å². The number of rotatable bonds is 5. The summed E-state index contributed by atoms with van der Waals surface area (Å²) in [5, 5.41) is 15.3. The third kappa shape index (κ3) is 6.72. The fraction of sp³-hybridized carbons (Fsp3) is 0.136. The van der Waals surface area contributed by atoms with E-state index in [1.807, 2.05) is 13.8 Å². The minimum absolute atomic E-state index is 0.0911. The smallest absolute Gasteiger partial charge is 0.249 e. The molecular formula is C22H22O4S. The van der Waals surface area contributed by atoms with Crippen LogP contribution in [0.5, 0.6) is 5.75 Å². The molecule has 0 amide bonds. The molecule has 3 rings (SSSR count). The van der Waals surface area contributed by atoms with Crippen molar-refractivity contribution in [1.82, 2.24) is 0 Å². The van der Waals surface area contributed by atoms with E-state index in [0.717, 1.165) is 5.75 Å². The minimum atomic E-state index is -2.08. The van der Waals surface area contributed by atoms with Crippen molar-refractivity contribution in [3.05, 3.63) is 84.9 Å². The lowest BCUT2D eigenvalue weighted by atomic mass is 10.3. The highest BCUT2D eigenvalue weighted by Gasteiger charge is 2.28. The summed E-state index contributed by atoms with van der Waals surface area (Å²) in [7, 11) is -0.0911. The van der Waals surface area contributed by atoms with Gasteiger partial charge in [-0.15, -0.1) is 0 Å². The van der Waals surface area contributed by atoms with Crippen LogP contribution in [0.1, 0.15) is 13.8 Å². The summed E-state index contributed by atoms with van der Waals surface area (Å²) < 4.78 is 5.76. The Labute approximate surface area is 162 Å². The maximum absolute atomic E-state index is 8.44. The summed E-state index contributed by atoms with van der Waals surface area (Å²) in [5.74, 6) is 0.924. The van der Waals surface area contributed by atoms with Crippen LogP contribution < -0.4 is 9.84 Å². The lowest BCUT2D eigenvalue weighted by molar-refractivity contribution is -0.275. The van der Waals surface area contributed by atoms with Gasteiger partial charge in [-0.3, -0.25) is 0 Å². The van der Waals surface area contributed by atoms with Gasteiger partial charge in [-0.05, 0) is 62.4 Å². The quantitative estimate of drug-likeness (QED) is 0.662. The molecule has 0 unspecified atom stereocenters. The zero-order chi connectivity index (χ0) is 19.6. The molecule has 0 aromatic heterocycles. The van der Waals surface area contributed by atoms with Crippen LogP contribution in [0, 0.1) is 0 Å². The molecule has 0 saturated carbocycles. The van der Waals surface area contributed by atoms with Crippen molar-refractivity contribution in [3.8, 4) is 5.75 Å². The van der Waals surface area contributed by atoms with Crippen molar-refractivity contribution in [2.45, 2.75) is 34.6 Å². The first-order chi connectivity index (χ1) is 13.0. The van der Waals surface area contributed by atoms with E-state index in [4.69, 9.17) is 19.7 Å². The first kappa shape index (κ1) is 20.4. The van der Waals surface area contributed by atoms with E-state index in [1.54, 1.807) is 0 Å². The van der Waals surface area contributed by atoms with Gasteiger partial charge in [0, 0.05) is 0 Å². The molecule has 0 heterocycles. The van der Waals surface area contributed by atoms with Crippen molar-refractivity contribution in [1.29, 1.82) is 0 Å². The Balaban J connectivity index is 0.000000596. The second kappa shape index (κ2) is 10.3. The molecule has 4 nitrogen and oxygen atoms in total. The highest BCUT2D eigenvalue weighted by Crippen LogP contribution is 2.31. The van der Waals surface area contributed by atoms with E-state index in [-0.39, 0.29) is 17.0 Å². The van der Waals surface area contributed by atoms with Crippen molar-refractivity contribution < 1.29 is 19.7 Å². The predicted molar refractivity (Wildman–Crippen MR) is 105 cm³/mol. The summed E-state index contributed by atoms with van der Waals surface area (Å²) >= 11 is 0.